The Balaban J connectivity index is -0.0000000383. The van der Waals surface area contributed by atoms with E-state index in [9.17, 15) is 0 Å². The van der Waals surface area contributed by atoms with Gasteiger partial charge in [-0.1, -0.05) is 0 Å². The third kappa shape index (κ3) is 5800. The summed E-state index contributed by atoms with van der Waals surface area (Å²) < 4.78 is 31.6. The Kier molecular flexibility index (Phi) is 21.2. The van der Waals surface area contributed by atoms with E-state index in [2.05, 4.69) is 0 Å². The maximum atomic E-state index is 9.00. The Morgan fingerprint density at radius 3 is 1.27 bits per heavy atom. The van der Waals surface area contributed by atoms with Crippen LogP contribution >= 0.6 is 0 Å². The number of carbonyl (C=O) groups is 1. The van der Waals surface area contributed by atoms with Crippen LogP contribution < -0.4 is 0 Å². The van der Waals surface area contributed by atoms with Crippen LogP contribution in [0.4, 0.5) is 0 Å². The SMILES string of the molecule is CC(=O)O.O=S(=O)(O)O.[Fe].[Ni]. The van der Waals surface area contributed by atoms with Gasteiger partial charge in [0.05, 0.1) is 0 Å². The molecule has 0 aromatic heterocycles. The smallest absolute Gasteiger partial charge is 0.394 e. The molecule has 0 aliphatic rings. The molecule has 9 heteroatoms. The first kappa shape index (κ1) is 22.5. The first-order chi connectivity index (χ1) is 3.73. The molecule has 0 aromatic rings. The molecule has 0 aromatic carbocycles. The molecule has 0 fully saturated rings. The standard InChI is InChI=1S/C2H4O2.Fe.Ni.H2O4S/c1-2(3)4;;;1-5(2,3)4/h1H3,(H,3,4);;;(H2,1,2,3,4). The van der Waals surface area contributed by atoms with Crippen LogP contribution in [-0.4, -0.2) is 28.6 Å². The maximum absolute atomic E-state index is 9.00. The summed E-state index contributed by atoms with van der Waals surface area (Å²) in [4.78, 5) is 9.00. The van der Waals surface area contributed by atoms with Crippen LogP contribution in [-0.2, 0) is 48.8 Å². The molecule has 0 bridgehead atoms. The van der Waals surface area contributed by atoms with Crippen LogP contribution in [0.15, 0.2) is 0 Å². The molecule has 0 saturated heterocycles. The molecule has 0 spiro atoms. The average molecular weight is 273 g/mol. The minimum absolute atomic E-state index is 0. The molecule has 11 heavy (non-hydrogen) atoms. The van der Waals surface area contributed by atoms with Crippen molar-refractivity contribution in [2.45, 2.75) is 6.92 Å². The van der Waals surface area contributed by atoms with Crippen LogP contribution in [0.2, 0.25) is 0 Å². The summed E-state index contributed by atoms with van der Waals surface area (Å²) in [7, 11) is -4.67. The fraction of sp³-hybridized carbons (Fsp3) is 0.500. The molecule has 0 aliphatic carbocycles. The van der Waals surface area contributed by atoms with Gasteiger partial charge < -0.3 is 5.11 Å². The minimum atomic E-state index is -4.67. The Hall–Kier alpha value is 0.353. The number of hydrogen-bond acceptors (Lipinski definition) is 3. The molecule has 0 radical (unpaired) electrons. The Bertz CT molecular complexity index is 163. The maximum Gasteiger partial charge on any atom is 0.394 e. The van der Waals surface area contributed by atoms with Crippen molar-refractivity contribution in [3.05, 3.63) is 0 Å². The fourth-order valence-corrected chi connectivity index (χ4v) is 0. The Labute approximate surface area is 84.3 Å². The molecule has 0 atom stereocenters. The number of rotatable bonds is 0. The molecule has 0 amide bonds. The number of carboxylic acids is 1. The summed E-state index contributed by atoms with van der Waals surface area (Å²) in [5, 5.41) is 7.42. The monoisotopic (exact) mass is 272 g/mol. The zero-order valence-electron chi connectivity index (χ0n) is 5.14. The third-order valence-electron chi connectivity index (χ3n) is 0. The fourth-order valence-electron chi connectivity index (χ4n) is 0. The Morgan fingerprint density at radius 2 is 1.27 bits per heavy atom. The van der Waals surface area contributed by atoms with Crippen LogP contribution in [0.25, 0.3) is 0 Å². The predicted octanol–water partition coefficient (Wildman–Crippen LogP) is -0.567. The van der Waals surface area contributed by atoms with Gasteiger partial charge in [-0.25, -0.2) is 0 Å². The number of aliphatic carboxylic acids is 1. The second-order valence-electron chi connectivity index (χ2n) is 0.967. The summed E-state index contributed by atoms with van der Waals surface area (Å²) in [5.41, 5.74) is 0. The molecule has 6 nitrogen and oxygen atoms in total. The van der Waals surface area contributed by atoms with Crippen LogP contribution in [0.1, 0.15) is 6.92 Å². The molecule has 0 aliphatic heterocycles. The molecule has 0 rings (SSSR count). The summed E-state index contributed by atoms with van der Waals surface area (Å²) in [6.45, 7) is 1.08. The van der Waals surface area contributed by atoms with Crippen molar-refractivity contribution >= 4 is 16.4 Å². The van der Waals surface area contributed by atoms with E-state index in [1.165, 1.54) is 0 Å². The zero-order valence-corrected chi connectivity index (χ0v) is 8.05. The van der Waals surface area contributed by atoms with E-state index in [0.29, 0.717) is 0 Å². The topological polar surface area (TPSA) is 112 Å². The third-order valence-corrected chi connectivity index (χ3v) is 0. The molecule has 0 unspecified atom stereocenters. The van der Waals surface area contributed by atoms with Crippen LogP contribution in [0, 0.1) is 0 Å². The van der Waals surface area contributed by atoms with Gasteiger partial charge in [-0.15, -0.1) is 0 Å². The van der Waals surface area contributed by atoms with Crippen molar-refractivity contribution in [3.8, 4) is 0 Å². The predicted molar refractivity (Wildman–Crippen MR) is 27.5 cm³/mol. The first-order valence-corrected chi connectivity index (χ1v) is 3.02. The molecule has 0 heterocycles. The van der Waals surface area contributed by atoms with Crippen molar-refractivity contribution in [2.75, 3.05) is 0 Å². The van der Waals surface area contributed by atoms with Crippen molar-refractivity contribution < 1.29 is 61.0 Å². The number of carboxylic acid groups (broad SMARTS) is 1. The van der Waals surface area contributed by atoms with Crippen molar-refractivity contribution in [2.24, 2.45) is 0 Å². The van der Waals surface area contributed by atoms with Crippen LogP contribution in [0.3, 0.4) is 0 Å². The van der Waals surface area contributed by atoms with E-state index in [1.54, 1.807) is 0 Å². The second-order valence-corrected chi connectivity index (χ2v) is 1.86. The van der Waals surface area contributed by atoms with Gasteiger partial charge in [-0.3, -0.25) is 13.9 Å². The number of hydrogen-bond donors (Lipinski definition) is 3. The normalized spacial score (nSPS) is 7.55. The minimum Gasteiger partial charge on any atom is -0.481 e. The molecular formula is C2H6FeNiO6S. The van der Waals surface area contributed by atoms with E-state index in [0.717, 1.165) is 6.92 Å². The first-order valence-electron chi connectivity index (χ1n) is 1.63. The van der Waals surface area contributed by atoms with Crippen molar-refractivity contribution in [1.82, 2.24) is 0 Å². The largest absolute Gasteiger partial charge is 0.481 e. The van der Waals surface area contributed by atoms with Crippen molar-refractivity contribution in [1.29, 1.82) is 0 Å². The quantitative estimate of drug-likeness (QED) is 0.402. The van der Waals surface area contributed by atoms with Crippen LogP contribution in [0.5, 0.6) is 0 Å². The van der Waals surface area contributed by atoms with Gasteiger partial charge in [-0.05, 0) is 0 Å². The van der Waals surface area contributed by atoms with Gasteiger partial charge in [0.1, 0.15) is 0 Å². The summed E-state index contributed by atoms with van der Waals surface area (Å²) in [6.07, 6.45) is 0. The van der Waals surface area contributed by atoms with Gasteiger partial charge in [0.15, 0.2) is 0 Å². The van der Waals surface area contributed by atoms with Crippen molar-refractivity contribution in [3.63, 3.8) is 0 Å². The van der Waals surface area contributed by atoms with Gasteiger partial charge in [0.25, 0.3) is 5.97 Å². The average Bonchev–Trinajstić information content (AvgIpc) is 1.19. The van der Waals surface area contributed by atoms with Gasteiger partial charge in [0, 0.05) is 40.5 Å². The zero-order chi connectivity index (χ0) is 8.08. The summed E-state index contributed by atoms with van der Waals surface area (Å²) >= 11 is 0. The van der Waals surface area contributed by atoms with E-state index in [-0.39, 0.29) is 33.6 Å². The van der Waals surface area contributed by atoms with E-state index in [4.69, 9.17) is 27.4 Å². The summed E-state index contributed by atoms with van der Waals surface area (Å²) in [6, 6.07) is 0. The molecule has 3 N–H and O–H groups in total. The molecular weight excluding hydrogens is 267 g/mol. The van der Waals surface area contributed by atoms with Gasteiger partial charge in [0.2, 0.25) is 0 Å². The molecule has 74 valence electrons. The molecule has 0 saturated carbocycles. The van der Waals surface area contributed by atoms with E-state index >= 15 is 0 Å². The van der Waals surface area contributed by atoms with E-state index < -0.39 is 16.4 Å². The van der Waals surface area contributed by atoms with Gasteiger partial charge >= 0.3 is 10.4 Å². The Morgan fingerprint density at radius 1 is 1.27 bits per heavy atom. The van der Waals surface area contributed by atoms with Gasteiger partial charge in [-0.2, -0.15) is 8.42 Å². The second kappa shape index (κ2) is 10.4. The summed E-state index contributed by atoms with van der Waals surface area (Å²) in [5.74, 6) is -0.833. The van der Waals surface area contributed by atoms with E-state index in [1.807, 2.05) is 0 Å².